The Morgan fingerprint density at radius 3 is 2.76 bits per heavy atom. The predicted octanol–water partition coefficient (Wildman–Crippen LogP) is 2.37. The molecule has 0 spiro atoms. The van der Waals surface area contributed by atoms with E-state index in [4.69, 9.17) is 15.0 Å². The van der Waals surface area contributed by atoms with Crippen molar-refractivity contribution in [2.24, 2.45) is 0 Å². The molecule has 7 heteroatoms. The van der Waals surface area contributed by atoms with Crippen molar-refractivity contribution in [1.29, 1.82) is 0 Å². The Labute approximate surface area is 123 Å². The molecule has 0 radical (unpaired) electrons. The molecule has 0 aliphatic rings. The van der Waals surface area contributed by atoms with E-state index in [2.05, 4.69) is 20.4 Å². The van der Waals surface area contributed by atoms with Gasteiger partial charge in [-0.25, -0.2) is 9.97 Å². The molecule has 0 aliphatic carbocycles. The van der Waals surface area contributed by atoms with Crippen molar-refractivity contribution in [1.82, 2.24) is 15.1 Å². The van der Waals surface area contributed by atoms with E-state index in [0.717, 1.165) is 17.0 Å². The Bertz CT molecular complexity index is 592. The summed E-state index contributed by atoms with van der Waals surface area (Å²) in [6.07, 6.45) is 0. The summed E-state index contributed by atoms with van der Waals surface area (Å²) in [4.78, 5) is 8.55. The lowest BCUT2D eigenvalue weighted by molar-refractivity contribution is 0.128. The minimum Gasteiger partial charge on any atom is -0.384 e. The van der Waals surface area contributed by atoms with Crippen molar-refractivity contribution in [3.63, 3.8) is 0 Å². The number of anilines is 2. The maximum absolute atomic E-state index is 5.81. The number of aromatic nitrogens is 3. The fourth-order valence-electron chi connectivity index (χ4n) is 2.25. The monoisotopic (exact) mass is 291 g/mol. The predicted molar refractivity (Wildman–Crippen MR) is 79.8 cm³/mol. The van der Waals surface area contributed by atoms with Gasteiger partial charge in [0, 0.05) is 18.2 Å². The highest BCUT2D eigenvalue weighted by atomic mass is 16.5. The summed E-state index contributed by atoms with van der Waals surface area (Å²) in [6, 6.07) is 1.70. The second-order valence-electron chi connectivity index (χ2n) is 4.84. The van der Waals surface area contributed by atoms with Gasteiger partial charge in [0.05, 0.1) is 11.7 Å². The first kappa shape index (κ1) is 15.2. The van der Waals surface area contributed by atoms with Gasteiger partial charge in [0.15, 0.2) is 5.82 Å². The molecule has 114 valence electrons. The van der Waals surface area contributed by atoms with Crippen LogP contribution in [0.1, 0.15) is 42.7 Å². The summed E-state index contributed by atoms with van der Waals surface area (Å²) in [5, 5.41) is 7.26. The third kappa shape index (κ3) is 3.69. The van der Waals surface area contributed by atoms with Gasteiger partial charge in [0.25, 0.3) is 0 Å². The van der Waals surface area contributed by atoms with Crippen LogP contribution in [0.25, 0.3) is 0 Å². The first-order chi connectivity index (χ1) is 10.0. The van der Waals surface area contributed by atoms with Gasteiger partial charge in [0.2, 0.25) is 0 Å². The maximum atomic E-state index is 5.81. The smallest absolute Gasteiger partial charge is 0.158 e. The lowest BCUT2D eigenvalue weighted by atomic mass is 10.1. The molecular formula is C14H21N5O2. The zero-order chi connectivity index (χ0) is 15.4. The Balaban J connectivity index is 2.17. The summed E-state index contributed by atoms with van der Waals surface area (Å²) in [6.45, 7) is 8.70. The Morgan fingerprint density at radius 2 is 2.14 bits per heavy atom. The zero-order valence-corrected chi connectivity index (χ0v) is 12.8. The second-order valence-corrected chi connectivity index (χ2v) is 4.84. The Morgan fingerprint density at radius 1 is 1.38 bits per heavy atom. The summed E-state index contributed by atoms with van der Waals surface area (Å²) in [5.74, 6) is 2.42. The van der Waals surface area contributed by atoms with Gasteiger partial charge < -0.3 is 20.3 Å². The van der Waals surface area contributed by atoms with Gasteiger partial charge in [-0.15, -0.1) is 0 Å². The van der Waals surface area contributed by atoms with E-state index in [-0.39, 0.29) is 6.04 Å². The molecule has 3 N–H and O–H groups in total. The van der Waals surface area contributed by atoms with E-state index < -0.39 is 0 Å². The summed E-state index contributed by atoms with van der Waals surface area (Å²) in [7, 11) is 0. The number of nitrogens with one attached hydrogen (secondary N) is 1. The number of aryl methyl sites for hydroxylation is 2. The number of hydrogen-bond donors (Lipinski definition) is 2. The van der Waals surface area contributed by atoms with Gasteiger partial charge in [-0.2, -0.15) is 0 Å². The largest absolute Gasteiger partial charge is 0.384 e. The van der Waals surface area contributed by atoms with E-state index in [1.807, 2.05) is 27.7 Å². The van der Waals surface area contributed by atoms with Gasteiger partial charge >= 0.3 is 0 Å². The molecular weight excluding hydrogens is 270 g/mol. The van der Waals surface area contributed by atoms with Gasteiger partial charge in [-0.05, 0) is 27.7 Å². The molecule has 1 unspecified atom stereocenters. The molecule has 2 aromatic heterocycles. The van der Waals surface area contributed by atoms with E-state index >= 15 is 0 Å². The van der Waals surface area contributed by atoms with Crippen LogP contribution >= 0.6 is 0 Å². The molecule has 2 rings (SSSR count). The van der Waals surface area contributed by atoms with Crippen molar-refractivity contribution in [3.05, 3.63) is 28.9 Å². The van der Waals surface area contributed by atoms with Crippen LogP contribution in [0.3, 0.4) is 0 Å². The summed E-state index contributed by atoms with van der Waals surface area (Å²) >= 11 is 0. The molecule has 1 atom stereocenters. The van der Waals surface area contributed by atoms with E-state index in [9.17, 15) is 0 Å². The van der Waals surface area contributed by atoms with Crippen LogP contribution in [0.4, 0.5) is 11.6 Å². The fraction of sp³-hybridized carbons (Fsp3) is 0.500. The van der Waals surface area contributed by atoms with Gasteiger partial charge in [0.1, 0.15) is 24.0 Å². The molecule has 2 aromatic rings. The third-order valence-corrected chi connectivity index (χ3v) is 3.11. The molecule has 0 aromatic carbocycles. The SMILES string of the molecule is CCOCc1nc(N)cc(NC(C)c2c(C)noc2C)n1. The average Bonchev–Trinajstić information content (AvgIpc) is 2.75. The van der Waals surface area contributed by atoms with Crippen LogP contribution in [0.15, 0.2) is 10.6 Å². The number of nitrogen functional groups attached to an aromatic ring is 1. The van der Waals surface area contributed by atoms with Crippen LogP contribution < -0.4 is 11.1 Å². The maximum Gasteiger partial charge on any atom is 0.158 e. The van der Waals surface area contributed by atoms with Crippen LogP contribution in [-0.2, 0) is 11.3 Å². The number of ether oxygens (including phenoxy) is 1. The van der Waals surface area contributed by atoms with E-state index in [0.29, 0.717) is 30.7 Å². The lowest BCUT2D eigenvalue weighted by Gasteiger charge is -2.15. The van der Waals surface area contributed by atoms with Crippen molar-refractivity contribution >= 4 is 11.6 Å². The quantitative estimate of drug-likeness (QED) is 0.842. The number of nitrogens with zero attached hydrogens (tertiary/aromatic N) is 3. The summed E-state index contributed by atoms with van der Waals surface area (Å²) in [5.41, 5.74) is 7.70. The van der Waals surface area contributed by atoms with Crippen molar-refractivity contribution in [3.8, 4) is 0 Å². The first-order valence-electron chi connectivity index (χ1n) is 6.91. The minimum atomic E-state index is 0.00509. The molecule has 21 heavy (non-hydrogen) atoms. The second kappa shape index (κ2) is 6.53. The van der Waals surface area contributed by atoms with Gasteiger partial charge in [-0.3, -0.25) is 0 Å². The summed E-state index contributed by atoms with van der Waals surface area (Å²) < 4.78 is 10.5. The van der Waals surface area contributed by atoms with Gasteiger partial charge in [-0.1, -0.05) is 5.16 Å². The molecule has 7 nitrogen and oxygen atoms in total. The van der Waals surface area contributed by atoms with Crippen LogP contribution in [-0.4, -0.2) is 21.7 Å². The standard InChI is InChI=1S/C14H21N5O2/c1-5-20-7-13-17-11(15)6-12(18-13)16-8(2)14-9(3)19-21-10(14)4/h6,8H,5,7H2,1-4H3,(H3,15,16,17,18). The molecule has 0 saturated heterocycles. The van der Waals surface area contributed by atoms with E-state index in [1.54, 1.807) is 6.07 Å². The number of nitrogens with two attached hydrogens (primary N) is 1. The van der Waals surface area contributed by atoms with Crippen LogP contribution in [0.5, 0.6) is 0 Å². The highest BCUT2D eigenvalue weighted by molar-refractivity contribution is 5.46. The van der Waals surface area contributed by atoms with Crippen LogP contribution in [0.2, 0.25) is 0 Å². The van der Waals surface area contributed by atoms with E-state index in [1.165, 1.54) is 0 Å². The lowest BCUT2D eigenvalue weighted by Crippen LogP contribution is -2.12. The molecule has 0 saturated carbocycles. The zero-order valence-electron chi connectivity index (χ0n) is 12.8. The van der Waals surface area contributed by atoms with Crippen molar-refractivity contribution < 1.29 is 9.26 Å². The number of rotatable bonds is 6. The molecule has 0 amide bonds. The number of hydrogen-bond acceptors (Lipinski definition) is 7. The Hall–Kier alpha value is -2.15. The average molecular weight is 291 g/mol. The highest BCUT2D eigenvalue weighted by Gasteiger charge is 2.17. The normalized spacial score (nSPS) is 12.4. The topological polar surface area (TPSA) is 99.1 Å². The molecule has 2 heterocycles. The van der Waals surface area contributed by atoms with Crippen molar-refractivity contribution in [2.45, 2.75) is 40.3 Å². The van der Waals surface area contributed by atoms with Crippen molar-refractivity contribution in [2.75, 3.05) is 17.7 Å². The molecule has 0 aliphatic heterocycles. The molecule has 0 bridgehead atoms. The first-order valence-corrected chi connectivity index (χ1v) is 6.91. The fourth-order valence-corrected chi connectivity index (χ4v) is 2.25. The third-order valence-electron chi connectivity index (χ3n) is 3.11. The highest BCUT2D eigenvalue weighted by Crippen LogP contribution is 2.24. The van der Waals surface area contributed by atoms with Crippen LogP contribution in [0, 0.1) is 13.8 Å². The molecule has 0 fully saturated rings. The minimum absolute atomic E-state index is 0.00509. The Kier molecular flexibility index (Phi) is 4.74.